The number of nitrogens with one attached hydrogen (secondary N) is 1. The average molecular weight is 159 g/mol. The van der Waals surface area contributed by atoms with E-state index in [1.807, 2.05) is 13.8 Å². The van der Waals surface area contributed by atoms with Crippen molar-refractivity contribution in [3.63, 3.8) is 0 Å². The van der Waals surface area contributed by atoms with E-state index in [0.717, 1.165) is 19.5 Å². The molecule has 1 N–H and O–H groups in total. The third-order valence-electron chi connectivity index (χ3n) is 1.29. The molecule has 0 heterocycles. The molecule has 0 fully saturated rings. The Balaban J connectivity index is 3.04. The third kappa shape index (κ3) is 7.33. The quantitative estimate of drug-likeness (QED) is 0.463. The van der Waals surface area contributed by atoms with Crippen LogP contribution in [-0.4, -0.2) is 25.7 Å². The highest BCUT2D eigenvalue weighted by Gasteiger charge is 1.98. The molecule has 0 bridgehead atoms. The molecule has 0 amide bonds. The third-order valence-corrected chi connectivity index (χ3v) is 1.29. The van der Waals surface area contributed by atoms with Crippen molar-refractivity contribution in [3.05, 3.63) is 0 Å². The van der Waals surface area contributed by atoms with Gasteiger partial charge in [0.05, 0.1) is 6.61 Å². The summed E-state index contributed by atoms with van der Waals surface area (Å²) in [5, 5.41) is 3.14. The molecule has 0 aliphatic carbocycles. The summed E-state index contributed by atoms with van der Waals surface area (Å²) < 4.78 is 4.76. The predicted octanol–water partition coefficient (Wildman–Crippen LogP) is 0.939. The Kier molecular flexibility index (Phi) is 7.15. The van der Waals surface area contributed by atoms with Crippen molar-refractivity contribution in [1.82, 2.24) is 5.32 Å². The second kappa shape index (κ2) is 7.54. The second-order valence-corrected chi connectivity index (χ2v) is 2.26. The number of hydrogen-bond acceptors (Lipinski definition) is 3. The van der Waals surface area contributed by atoms with Crippen molar-refractivity contribution in [2.24, 2.45) is 0 Å². The summed E-state index contributed by atoms with van der Waals surface area (Å²) >= 11 is 0. The molecule has 3 heteroatoms. The molecule has 0 spiro atoms. The summed E-state index contributed by atoms with van der Waals surface area (Å²) in [6, 6.07) is 0. The average Bonchev–Trinajstić information content (AvgIpc) is 1.99. The van der Waals surface area contributed by atoms with E-state index >= 15 is 0 Å². The molecule has 0 saturated heterocycles. The van der Waals surface area contributed by atoms with Crippen LogP contribution in [0.2, 0.25) is 0 Å². The van der Waals surface area contributed by atoms with Gasteiger partial charge in [0.25, 0.3) is 0 Å². The minimum atomic E-state index is -0.0922. The smallest absolute Gasteiger partial charge is 0.305 e. The van der Waals surface area contributed by atoms with Crippen LogP contribution in [-0.2, 0) is 9.53 Å². The fourth-order valence-corrected chi connectivity index (χ4v) is 0.768. The first-order valence-corrected chi connectivity index (χ1v) is 4.17. The first kappa shape index (κ1) is 10.4. The standard InChI is InChI=1S/C8H17NO2/c1-3-9-7-5-6-8(10)11-4-2/h9H,3-7H2,1-2H3. The van der Waals surface area contributed by atoms with E-state index in [9.17, 15) is 4.79 Å². The zero-order valence-electron chi connectivity index (χ0n) is 7.35. The number of hydrogen-bond donors (Lipinski definition) is 1. The van der Waals surface area contributed by atoms with E-state index in [1.165, 1.54) is 0 Å². The lowest BCUT2D eigenvalue weighted by atomic mass is 10.3. The van der Waals surface area contributed by atoms with Gasteiger partial charge in [-0.1, -0.05) is 6.92 Å². The zero-order valence-corrected chi connectivity index (χ0v) is 7.35. The Hall–Kier alpha value is -0.570. The Morgan fingerprint density at radius 1 is 1.45 bits per heavy atom. The van der Waals surface area contributed by atoms with Crippen LogP contribution >= 0.6 is 0 Å². The molecule has 0 aliphatic heterocycles. The van der Waals surface area contributed by atoms with E-state index in [-0.39, 0.29) is 5.97 Å². The van der Waals surface area contributed by atoms with Crippen LogP contribution in [0.5, 0.6) is 0 Å². The monoisotopic (exact) mass is 159 g/mol. The molecule has 3 nitrogen and oxygen atoms in total. The van der Waals surface area contributed by atoms with Crippen molar-refractivity contribution in [2.75, 3.05) is 19.7 Å². The molecule has 0 unspecified atom stereocenters. The first-order chi connectivity index (χ1) is 5.31. The minimum absolute atomic E-state index is 0.0922. The fraction of sp³-hybridized carbons (Fsp3) is 0.875. The highest BCUT2D eigenvalue weighted by atomic mass is 16.5. The SMILES string of the molecule is CCNCCCC(=O)OCC. The van der Waals surface area contributed by atoms with Crippen molar-refractivity contribution in [3.8, 4) is 0 Å². The van der Waals surface area contributed by atoms with Crippen molar-refractivity contribution in [2.45, 2.75) is 26.7 Å². The zero-order chi connectivity index (χ0) is 8.53. The Labute approximate surface area is 68.1 Å². The number of ether oxygens (including phenoxy) is 1. The number of esters is 1. The van der Waals surface area contributed by atoms with Crippen LogP contribution in [0.25, 0.3) is 0 Å². The molecule has 0 aliphatic rings. The topological polar surface area (TPSA) is 38.3 Å². The van der Waals surface area contributed by atoms with Crippen LogP contribution in [0.15, 0.2) is 0 Å². The fourth-order valence-electron chi connectivity index (χ4n) is 0.768. The lowest BCUT2D eigenvalue weighted by molar-refractivity contribution is -0.143. The highest BCUT2D eigenvalue weighted by Crippen LogP contribution is 1.90. The molecular formula is C8H17NO2. The Bertz CT molecular complexity index is 104. The normalized spacial score (nSPS) is 9.64. The van der Waals surface area contributed by atoms with Crippen LogP contribution in [0.4, 0.5) is 0 Å². The largest absolute Gasteiger partial charge is 0.466 e. The van der Waals surface area contributed by atoms with Crippen LogP contribution < -0.4 is 5.32 Å². The number of carbonyl (C=O) groups excluding carboxylic acids is 1. The van der Waals surface area contributed by atoms with Crippen molar-refractivity contribution in [1.29, 1.82) is 0 Å². The minimum Gasteiger partial charge on any atom is -0.466 e. The summed E-state index contributed by atoms with van der Waals surface area (Å²) in [6.07, 6.45) is 1.40. The first-order valence-electron chi connectivity index (χ1n) is 4.17. The molecule has 0 atom stereocenters. The molecule has 0 aromatic heterocycles. The van der Waals surface area contributed by atoms with Gasteiger partial charge in [-0.25, -0.2) is 0 Å². The molecule has 0 saturated carbocycles. The molecule has 66 valence electrons. The van der Waals surface area contributed by atoms with Gasteiger partial charge < -0.3 is 10.1 Å². The van der Waals surface area contributed by atoms with Crippen molar-refractivity contribution >= 4 is 5.97 Å². The van der Waals surface area contributed by atoms with Crippen LogP contribution in [0.1, 0.15) is 26.7 Å². The van der Waals surface area contributed by atoms with Gasteiger partial charge in [-0.3, -0.25) is 4.79 Å². The molecule has 0 aromatic carbocycles. The molecule has 0 aromatic rings. The Morgan fingerprint density at radius 3 is 2.73 bits per heavy atom. The highest BCUT2D eigenvalue weighted by molar-refractivity contribution is 5.69. The number of rotatable bonds is 6. The van der Waals surface area contributed by atoms with Gasteiger partial charge in [0.2, 0.25) is 0 Å². The second-order valence-electron chi connectivity index (χ2n) is 2.26. The van der Waals surface area contributed by atoms with E-state index in [4.69, 9.17) is 4.74 Å². The molecular weight excluding hydrogens is 142 g/mol. The lowest BCUT2D eigenvalue weighted by Crippen LogP contribution is -2.15. The summed E-state index contributed by atoms with van der Waals surface area (Å²) in [5.41, 5.74) is 0. The van der Waals surface area contributed by atoms with E-state index in [0.29, 0.717) is 13.0 Å². The summed E-state index contributed by atoms with van der Waals surface area (Å²) in [7, 11) is 0. The van der Waals surface area contributed by atoms with Crippen LogP contribution in [0, 0.1) is 0 Å². The van der Waals surface area contributed by atoms with Crippen molar-refractivity contribution < 1.29 is 9.53 Å². The molecule has 0 radical (unpaired) electrons. The number of carbonyl (C=O) groups is 1. The molecule has 11 heavy (non-hydrogen) atoms. The van der Waals surface area contributed by atoms with Gasteiger partial charge in [0, 0.05) is 6.42 Å². The molecule has 0 rings (SSSR count). The van der Waals surface area contributed by atoms with Crippen LogP contribution in [0.3, 0.4) is 0 Å². The van der Waals surface area contributed by atoms with Gasteiger partial charge in [-0.2, -0.15) is 0 Å². The summed E-state index contributed by atoms with van der Waals surface area (Å²) in [6.45, 7) is 6.21. The maximum Gasteiger partial charge on any atom is 0.305 e. The maximum atomic E-state index is 10.8. The van der Waals surface area contributed by atoms with E-state index in [2.05, 4.69) is 5.32 Å². The van der Waals surface area contributed by atoms with Gasteiger partial charge in [-0.05, 0) is 26.4 Å². The summed E-state index contributed by atoms with van der Waals surface area (Å²) in [5.74, 6) is -0.0922. The van der Waals surface area contributed by atoms with Gasteiger partial charge in [-0.15, -0.1) is 0 Å². The predicted molar refractivity (Wildman–Crippen MR) is 44.4 cm³/mol. The van der Waals surface area contributed by atoms with Gasteiger partial charge >= 0.3 is 5.97 Å². The van der Waals surface area contributed by atoms with E-state index < -0.39 is 0 Å². The summed E-state index contributed by atoms with van der Waals surface area (Å²) in [4.78, 5) is 10.8. The van der Waals surface area contributed by atoms with Gasteiger partial charge in [0.15, 0.2) is 0 Å². The van der Waals surface area contributed by atoms with E-state index in [1.54, 1.807) is 0 Å². The Morgan fingerprint density at radius 2 is 2.18 bits per heavy atom. The maximum absolute atomic E-state index is 10.8. The van der Waals surface area contributed by atoms with Gasteiger partial charge in [0.1, 0.15) is 0 Å². The lowest BCUT2D eigenvalue weighted by Gasteiger charge is -2.01.